The maximum Gasteiger partial charge on any atom is 0.337 e. The number of nitrogens with zero attached hydrogens (tertiary/aromatic N) is 4. The smallest absolute Gasteiger partial charge is 0.337 e. The van der Waals surface area contributed by atoms with Crippen molar-refractivity contribution in [2.75, 3.05) is 18.2 Å². The molecule has 0 aliphatic carbocycles. The zero-order chi connectivity index (χ0) is 19.9. The van der Waals surface area contributed by atoms with Crippen LogP contribution >= 0.6 is 11.8 Å². The number of methoxy groups -OCH3 is 1. The zero-order valence-corrected chi connectivity index (χ0v) is 16.3. The topological polar surface area (TPSA) is 99.0 Å². The number of anilines is 1. The van der Waals surface area contributed by atoms with E-state index in [1.807, 2.05) is 23.6 Å². The van der Waals surface area contributed by atoms with Crippen LogP contribution in [0.2, 0.25) is 0 Å². The summed E-state index contributed by atoms with van der Waals surface area (Å²) in [5.41, 5.74) is 1.82. The molecule has 9 heteroatoms. The molecule has 0 saturated carbocycles. The molecule has 144 valence electrons. The second kappa shape index (κ2) is 9.14. The van der Waals surface area contributed by atoms with E-state index in [1.54, 1.807) is 36.7 Å². The van der Waals surface area contributed by atoms with Crippen molar-refractivity contribution in [3.8, 4) is 11.4 Å². The number of amides is 1. The number of hydrogen-bond donors (Lipinski definition) is 1. The molecule has 3 rings (SSSR count). The summed E-state index contributed by atoms with van der Waals surface area (Å²) in [6.07, 6.45) is 3.40. The quantitative estimate of drug-likeness (QED) is 0.483. The zero-order valence-electron chi connectivity index (χ0n) is 15.5. The van der Waals surface area contributed by atoms with Crippen molar-refractivity contribution in [1.82, 2.24) is 19.7 Å². The first-order valence-electron chi connectivity index (χ1n) is 8.57. The highest BCUT2D eigenvalue weighted by atomic mass is 32.2. The number of ether oxygens (including phenoxy) is 1. The Morgan fingerprint density at radius 3 is 2.68 bits per heavy atom. The van der Waals surface area contributed by atoms with Gasteiger partial charge in [0.2, 0.25) is 5.91 Å². The van der Waals surface area contributed by atoms with E-state index in [0.29, 0.717) is 23.0 Å². The number of rotatable bonds is 7. The molecule has 1 N–H and O–H groups in total. The summed E-state index contributed by atoms with van der Waals surface area (Å²) in [7, 11) is 1.31. The van der Waals surface area contributed by atoms with Gasteiger partial charge in [-0.3, -0.25) is 9.78 Å². The van der Waals surface area contributed by atoms with E-state index in [2.05, 4.69) is 25.2 Å². The average molecular weight is 397 g/mol. The highest BCUT2D eigenvalue weighted by Crippen LogP contribution is 2.23. The molecule has 0 aliphatic heterocycles. The van der Waals surface area contributed by atoms with Gasteiger partial charge in [0.05, 0.1) is 18.4 Å². The molecule has 0 unspecified atom stereocenters. The van der Waals surface area contributed by atoms with Crippen LogP contribution in [0.3, 0.4) is 0 Å². The number of carbonyl (C=O) groups excluding carboxylic acids is 2. The highest BCUT2D eigenvalue weighted by molar-refractivity contribution is 7.99. The number of esters is 1. The number of hydrogen-bond acceptors (Lipinski definition) is 7. The van der Waals surface area contributed by atoms with E-state index in [4.69, 9.17) is 0 Å². The molecule has 2 aromatic heterocycles. The number of aromatic nitrogens is 4. The predicted molar refractivity (Wildman–Crippen MR) is 106 cm³/mol. The second-order valence-corrected chi connectivity index (χ2v) is 6.64. The van der Waals surface area contributed by atoms with Crippen molar-refractivity contribution in [3.63, 3.8) is 0 Å². The van der Waals surface area contributed by atoms with E-state index in [-0.39, 0.29) is 11.7 Å². The van der Waals surface area contributed by atoms with Crippen molar-refractivity contribution in [2.24, 2.45) is 0 Å². The lowest BCUT2D eigenvalue weighted by atomic mass is 10.2. The fourth-order valence-electron chi connectivity index (χ4n) is 2.56. The molecule has 28 heavy (non-hydrogen) atoms. The van der Waals surface area contributed by atoms with E-state index < -0.39 is 5.97 Å². The number of benzene rings is 1. The van der Waals surface area contributed by atoms with Crippen molar-refractivity contribution in [3.05, 3.63) is 54.4 Å². The van der Waals surface area contributed by atoms with Gasteiger partial charge in [-0.25, -0.2) is 4.79 Å². The molecule has 1 amide bonds. The third-order valence-electron chi connectivity index (χ3n) is 3.87. The van der Waals surface area contributed by atoms with Crippen LogP contribution in [0.15, 0.2) is 53.9 Å². The Kier molecular flexibility index (Phi) is 6.38. The van der Waals surface area contributed by atoms with Gasteiger partial charge >= 0.3 is 5.97 Å². The third-order valence-corrected chi connectivity index (χ3v) is 4.84. The van der Waals surface area contributed by atoms with Gasteiger partial charge in [0.25, 0.3) is 0 Å². The molecule has 0 aliphatic rings. The first kappa shape index (κ1) is 19.6. The minimum absolute atomic E-state index is 0.164. The third kappa shape index (κ3) is 4.55. The van der Waals surface area contributed by atoms with Crippen LogP contribution in [0.4, 0.5) is 5.69 Å². The first-order chi connectivity index (χ1) is 13.6. The monoisotopic (exact) mass is 397 g/mol. The summed E-state index contributed by atoms with van der Waals surface area (Å²) in [6.45, 7) is 2.67. The minimum atomic E-state index is -0.454. The molecule has 3 aromatic rings. The number of pyridine rings is 1. The fourth-order valence-corrected chi connectivity index (χ4v) is 3.37. The van der Waals surface area contributed by atoms with Crippen LogP contribution in [0.5, 0.6) is 0 Å². The molecule has 0 fully saturated rings. The Bertz CT molecular complexity index is 975. The Morgan fingerprint density at radius 1 is 1.18 bits per heavy atom. The summed E-state index contributed by atoms with van der Waals surface area (Å²) in [5.74, 6) is 0.239. The Morgan fingerprint density at radius 2 is 1.96 bits per heavy atom. The fraction of sp³-hybridized carbons (Fsp3) is 0.211. The molecule has 2 heterocycles. The Labute approximate surface area is 166 Å². The van der Waals surface area contributed by atoms with Gasteiger partial charge in [0.1, 0.15) is 0 Å². The molecule has 1 aromatic carbocycles. The number of nitrogens with one attached hydrogen (secondary N) is 1. The molecule has 0 saturated heterocycles. The van der Waals surface area contributed by atoms with Crippen LogP contribution in [-0.2, 0) is 16.1 Å². The lowest BCUT2D eigenvalue weighted by molar-refractivity contribution is -0.113. The van der Waals surface area contributed by atoms with Gasteiger partial charge in [-0.15, -0.1) is 10.2 Å². The summed E-state index contributed by atoms with van der Waals surface area (Å²) < 4.78 is 6.64. The van der Waals surface area contributed by atoms with E-state index in [9.17, 15) is 9.59 Å². The molecule has 0 spiro atoms. The molecular formula is C19H19N5O3S. The lowest BCUT2D eigenvalue weighted by Gasteiger charge is -2.08. The maximum atomic E-state index is 12.3. The summed E-state index contributed by atoms with van der Waals surface area (Å²) >= 11 is 1.30. The van der Waals surface area contributed by atoms with Crippen molar-refractivity contribution in [1.29, 1.82) is 0 Å². The molecular weight excluding hydrogens is 378 g/mol. The lowest BCUT2D eigenvalue weighted by Crippen LogP contribution is -2.15. The van der Waals surface area contributed by atoms with Crippen LogP contribution in [-0.4, -0.2) is 44.5 Å². The van der Waals surface area contributed by atoms with Gasteiger partial charge in [-0.1, -0.05) is 17.8 Å². The van der Waals surface area contributed by atoms with Crippen LogP contribution in [0, 0.1) is 0 Å². The average Bonchev–Trinajstić information content (AvgIpc) is 3.15. The molecule has 8 nitrogen and oxygen atoms in total. The standard InChI is InChI=1S/C19H19N5O3S/c1-3-24-17(13-7-9-20-10-8-13)22-23-19(24)28-12-16(25)21-15-6-4-5-14(11-15)18(26)27-2/h4-11H,3,12H2,1-2H3,(H,21,25). The minimum Gasteiger partial charge on any atom is -0.465 e. The van der Waals surface area contributed by atoms with Crippen LogP contribution < -0.4 is 5.32 Å². The van der Waals surface area contributed by atoms with E-state index in [1.165, 1.54) is 18.9 Å². The van der Waals surface area contributed by atoms with Gasteiger partial charge in [-0.2, -0.15) is 0 Å². The van der Waals surface area contributed by atoms with Gasteiger partial charge in [0.15, 0.2) is 11.0 Å². The molecule has 0 bridgehead atoms. The normalized spacial score (nSPS) is 10.5. The molecule has 0 atom stereocenters. The first-order valence-corrected chi connectivity index (χ1v) is 9.55. The van der Waals surface area contributed by atoms with Crippen LogP contribution in [0.25, 0.3) is 11.4 Å². The second-order valence-electron chi connectivity index (χ2n) is 5.70. The van der Waals surface area contributed by atoms with Crippen molar-refractivity contribution in [2.45, 2.75) is 18.6 Å². The maximum absolute atomic E-state index is 12.3. The summed E-state index contributed by atoms with van der Waals surface area (Å²) in [5, 5.41) is 11.9. The summed E-state index contributed by atoms with van der Waals surface area (Å²) in [6, 6.07) is 10.3. The highest BCUT2D eigenvalue weighted by Gasteiger charge is 2.15. The van der Waals surface area contributed by atoms with E-state index >= 15 is 0 Å². The van der Waals surface area contributed by atoms with Crippen LogP contribution in [0.1, 0.15) is 17.3 Å². The number of thioether (sulfide) groups is 1. The largest absolute Gasteiger partial charge is 0.465 e. The molecule has 0 radical (unpaired) electrons. The number of carbonyl (C=O) groups is 2. The van der Waals surface area contributed by atoms with Crippen molar-refractivity contribution < 1.29 is 14.3 Å². The SMILES string of the molecule is CCn1c(SCC(=O)Nc2cccc(C(=O)OC)c2)nnc1-c1ccncc1. The van der Waals surface area contributed by atoms with Gasteiger partial charge in [0, 0.05) is 30.2 Å². The van der Waals surface area contributed by atoms with Gasteiger partial charge < -0.3 is 14.6 Å². The Balaban J connectivity index is 1.65. The predicted octanol–water partition coefficient (Wildman–Crippen LogP) is 2.88. The Hall–Kier alpha value is -3.20. The van der Waals surface area contributed by atoms with E-state index in [0.717, 1.165) is 11.4 Å². The van der Waals surface area contributed by atoms with Gasteiger partial charge in [-0.05, 0) is 37.3 Å². The van der Waals surface area contributed by atoms with Crippen molar-refractivity contribution >= 4 is 29.3 Å². The summed E-state index contributed by atoms with van der Waals surface area (Å²) in [4.78, 5) is 27.9.